The van der Waals surface area contributed by atoms with Crippen molar-refractivity contribution >= 4 is 11.8 Å². The fourth-order valence-corrected chi connectivity index (χ4v) is 4.19. The fraction of sp³-hybridized carbons (Fsp3) is 0.786. The van der Waals surface area contributed by atoms with E-state index >= 15 is 0 Å². The molecule has 0 aliphatic carbocycles. The zero-order valence-electron chi connectivity index (χ0n) is 11.5. The van der Waals surface area contributed by atoms with E-state index in [4.69, 9.17) is 4.74 Å². The van der Waals surface area contributed by atoms with E-state index in [2.05, 4.69) is 39.8 Å². The van der Waals surface area contributed by atoms with Crippen LogP contribution in [0.25, 0.3) is 0 Å². The Hall–Kier alpha value is -0.520. The van der Waals surface area contributed by atoms with E-state index in [1.54, 1.807) is 0 Å². The summed E-state index contributed by atoms with van der Waals surface area (Å²) in [4.78, 5) is 4.53. The SMILES string of the molecule is CCn1ccnc1[C@H]1OCCC[C@@H]1N[C@@H]1CCSC1. The molecule has 1 aromatic heterocycles. The first-order valence-electron chi connectivity index (χ1n) is 7.35. The molecule has 3 rings (SSSR count). The van der Waals surface area contributed by atoms with Gasteiger partial charge in [-0.15, -0.1) is 0 Å². The Morgan fingerprint density at radius 2 is 2.47 bits per heavy atom. The van der Waals surface area contributed by atoms with Gasteiger partial charge in [-0.2, -0.15) is 11.8 Å². The molecule has 106 valence electrons. The molecular formula is C14H23N3OS. The van der Waals surface area contributed by atoms with Gasteiger partial charge in [0.05, 0.1) is 0 Å². The molecule has 2 aliphatic rings. The topological polar surface area (TPSA) is 39.1 Å². The maximum Gasteiger partial charge on any atom is 0.139 e. The molecule has 3 atom stereocenters. The van der Waals surface area contributed by atoms with Crippen molar-refractivity contribution < 1.29 is 4.74 Å². The summed E-state index contributed by atoms with van der Waals surface area (Å²) in [6, 6.07) is 1.08. The number of imidazole rings is 1. The number of nitrogens with zero attached hydrogens (tertiary/aromatic N) is 2. The van der Waals surface area contributed by atoms with E-state index in [-0.39, 0.29) is 6.10 Å². The molecule has 0 unspecified atom stereocenters. The lowest BCUT2D eigenvalue weighted by molar-refractivity contribution is -0.0200. The Balaban J connectivity index is 1.72. The van der Waals surface area contributed by atoms with E-state index < -0.39 is 0 Å². The first-order chi connectivity index (χ1) is 9.38. The van der Waals surface area contributed by atoms with Crippen molar-refractivity contribution in [1.29, 1.82) is 0 Å². The van der Waals surface area contributed by atoms with Gasteiger partial charge in [0.2, 0.25) is 0 Å². The van der Waals surface area contributed by atoms with E-state index in [9.17, 15) is 0 Å². The quantitative estimate of drug-likeness (QED) is 0.918. The average molecular weight is 281 g/mol. The van der Waals surface area contributed by atoms with Crippen LogP contribution in [0.5, 0.6) is 0 Å². The third kappa shape index (κ3) is 2.98. The largest absolute Gasteiger partial charge is 0.369 e. The summed E-state index contributed by atoms with van der Waals surface area (Å²) in [7, 11) is 0. The number of rotatable bonds is 4. The molecule has 2 fully saturated rings. The standard InChI is InChI=1S/C14H23N3OS/c1-2-17-7-6-15-14(17)13-12(4-3-8-18-13)16-11-5-9-19-10-11/h6-7,11-13,16H,2-5,8-10H2,1H3/t11-,12+,13+/m1/s1. The average Bonchev–Trinajstić information content (AvgIpc) is 3.09. The van der Waals surface area contributed by atoms with Crippen LogP contribution in [0.1, 0.15) is 38.1 Å². The first kappa shape index (κ1) is 13.5. The van der Waals surface area contributed by atoms with Gasteiger partial charge < -0.3 is 14.6 Å². The number of aromatic nitrogens is 2. The molecule has 1 N–H and O–H groups in total. The molecule has 5 heteroatoms. The van der Waals surface area contributed by atoms with Crippen molar-refractivity contribution in [3.8, 4) is 0 Å². The van der Waals surface area contributed by atoms with Crippen LogP contribution >= 0.6 is 11.8 Å². The Labute approximate surface area is 119 Å². The Morgan fingerprint density at radius 1 is 1.53 bits per heavy atom. The van der Waals surface area contributed by atoms with Gasteiger partial charge >= 0.3 is 0 Å². The van der Waals surface area contributed by atoms with Gasteiger partial charge in [0.25, 0.3) is 0 Å². The highest BCUT2D eigenvalue weighted by Gasteiger charge is 2.32. The Bertz CT molecular complexity index is 403. The van der Waals surface area contributed by atoms with Gasteiger partial charge in [0.1, 0.15) is 11.9 Å². The number of thioether (sulfide) groups is 1. The van der Waals surface area contributed by atoms with Gasteiger partial charge in [-0.05, 0) is 31.9 Å². The number of hydrogen-bond acceptors (Lipinski definition) is 4. The lowest BCUT2D eigenvalue weighted by Crippen LogP contribution is -2.45. The minimum Gasteiger partial charge on any atom is -0.369 e. The van der Waals surface area contributed by atoms with Crippen LogP contribution in [-0.4, -0.2) is 39.7 Å². The van der Waals surface area contributed by atoms with Crippen molar-refractivity contribution in [1.82, 2.24) is 14.9 Å². The monoisotopic (exact) mass is 281 g/mol. The molecule has 0 aromatic carbocycles. The molecule has 0 amide bonds. The van der Waals surface area contributed by atoms with Crippen LogP contribution in [0.4, 0.5) is 0 Å². The summed E-state index contributed by atoms with van der Waals surface area (Å²) >= 11 is 2.05. The number of hydrogen-bond donors (Lipinski definition) is 1. The van der Waals surface area contributed by atoms with E-state index in [0.717, 1.165) is 25.4 Å². The second-order valence-corrected chi connectivity index (χ2v) is 6.49. The molecule has 2 aliphatic heterocycles. The van der Waals surface area contributed by atoms with Crippen molar-refractivity contribution in [3.63, 3.8) is 0 Å². The first-order valence-corrected chi connectivity index (χ1v) is 8.50. The highest BCUT2D eigenvalue weighted by Crippen LogP contribution is 2.29. The number of aryl methyl sites for hydroxylation is 1. The predicted octanol–water partition coefficient (Wildman–Crippen LogP) is 2.22. The molecule has 3 heterocycles. The highest BCUT2D eigenvalue weighted by atomic mass is 32.2. The third-order valence-corrected chi connectivity index (χ3v) is 5.21. The smallest absolute Gasteiger partial charge is 0.139 e. The van der Waals surface area contributed by atoms with Gasteiger partial charge in [0, 0.05) is 43.4 Å². The second-order valence-electron chi connectivity index (χ2n) is 5.34. The fourth-order valence-electron chi connectivity index (χ4n) is 3.02. The second kappa shape index (κ2) is 6.29. The minimum atomic E-state index is 0.120. The van der Waals surface area contributed by atoms with Gasteiger partial charge in [-0.25, -0.2) is 4.98 Å². The van der Waals surface area contributed by atoms with Crippen molar-refractivity contribution in [2.24, 2.45) is 0 Å². The number of nitrogens with one attached hydrogen (secondary N) is 1. The van der Waals surface area contributed by atoms with Gasteiger partial charge in [0.15, 0.2) is 0 Å². The normalized spacial score (nSPS) is 31.7. The maximum atomic E-state index is 6.04. The summed E-state index contributed by atoms with van der Waals surface area (Å²) < 4.78 is 8.24. The molecule has 19 heavy (non-hydrogen) atoms. The summed E-state index contributed by atoms with van der Waals surface area (Å²) in [6.07, 6.45) is 7.70. The van der Waals surface area contributed by atoms with Crippen molar-refractivity contribution in [2.75, 3.05) is 18.1 Å². The maximum absolute atomic E-state index is 6.04. The van der Waals surface area contributed by atoms with Gasteiger partial charge in [-0.3, -0.25) is 0 Å². The number of ether oxygens (including phenoxy) is 1. The minimum absolute atomic E-state index is 0.120. The van der Waals surface area contributed by atoms with Crippen molar-refractivity contribution in [2.45, 2.75) is 50.9 Å². The molecule has 4 nitrogen and oxygen atoms in total. The Kier molecular flexibility index (Phi) is 4.45. The van der Waals surface area contributed by atoms with Gasteiger partial charge in [-0.1, -0.05) is 0 Å². The Morgan fingerprint density at radius 3 is 3.26 bits per heavy atom. The molecule has 0 bridgehead atoms. The van der Waals surface area contributed by atoms with E-state index in [1.807, 2.05) is 6.20 Å². The summed E-state index contributed by atoms with van der Waals surface area (Å²) in [5, 5.41) is 3.81. The lowest BCUT2D eigenvalue weighted by Gasteiger charge is -2.34. The van der Waals surface area contributed by atoms with Crippen LogP contribution < -0.4 is 5.32 Å². The molecule has 2 saturated heterocycles. The van der Waals surface area contributed by atoms with Crippen LogP contribution in [0.3, 0.4) is 0 Å². The zero-order chi connectivity index (χ0) is 13.1. The van der Waals surface area contributed by atoms with Crippen LogP contribution in [0, 0.1) is 0 Å². The molecule has 1 aromatic rings. The summed E-state index contributed by atoms with van der Waals surface area (Å²) in [6.45, 7) is 3.98. The molecule has 0 spiro atoms. The van der Waals surface area contributed by atoms with E-state index in [1.165, 1.54) is 24.3 Å². The zero-order valence-corrected chi connectivity index (χ0v) is 12.4. The molecule has 0 saturated carbocycles. The van der Waals surface area contributed by atoms with Crippen LogP contribution in [-0.2, 0) is 11.3 Å². The molecule has 0 radical (unpaired) electrons. The van der Waals surface area contributed by atoms with Crippen LogP contribution in [0.2, 0.25) is 0 Å². The van der Waals surface area contributed by atoms with Crippen molar-refractivity contribution in [3.05, 3.63) is 18.2 Å². The van der Waals surface area contributed by atoms with Crippen LogP contribution in [0.15, 0.2) is 12.4 Å². The third-order valence-electron chi connectivity index (χ3n) is 4.04. The predicted molar refractivity (Wildman–Crippen MR) is 78.5 cm³/mol. The lowest BCUT2D eigenvalue weighted by atomic mass is 10.0. The molecular weight excluding hydrogens is 258 g/mol. The summed E-state index contributed by atoms with van der Waals surface area (Å²) in [5.74, 6) is 3.62. The highest BCUT2D eigenvalue weighted by molar-refractivity contribution is 7.99. The summed E-state index contributed by atoms with van der Waals surface area (Å²) in [5.41, 5.74) is 0. The van der Waals surface area contributed by atoms with E-state index in [0.29, 0.717) is 12.1 Å².